The highest BCUT2D eigenvalue weighted by atomic mass is 79.9. The summed E-state index contributed by atoms with van der Waals surface area (Å²) in [6, 6.07) is 7.11. The minimum atomic E-state index is -0.253. The first-order valence-corrected chi connectivity index (χ1v) is 6.83. The quantitative estimate of drug-likeness (QED) is 0.917. The molecule has 19 heavy (non-hydrogen) atoms. The molecular formula is C12H14BrN5O. The third-order valence-corrected chi connectivity index (χ3v) is 2.97. The summed E-state index contributed by atoms with van der Waals surface area (Å²) in [5.74, 6) is -0.0302. The van der Waals surface area contributed by atoms with Crippen LogP contribution in [0, 0.1) is 0 Å². The van der Waals surface area contributed by atoms with Gasteiger partial charge in [0, 0.05) is 10.0 Å². The van der Waals surface area contributed by atoms with Crippen molar-refractivity contribution in [2.45, 2.75) is 26.3 Å². The molecule has 0 unspecified atom stereocenters. The first kappa shape index (κ1) is 13.7. The van der Waals surface area contributed by atoms with Gasteiger partial charge in [0.05, 0.1) is 6.54 Å². The molecule has 0 aliphatic rings. The van der Waals surface area contributed by atoms with Crippen LogP contribution in [0.1, 0.15) is 30.1 Å². The average molecular weight is 324 g/mol. The van der Waals surface area contributed by atoms with E-state index in [1.54, 1.807) is 18.2 Å². The lowest BCUT2D eigenvalue weighted by Crippen LogP contribution is -2.13. The van der Waals surface area contributed by atoms with Gasteiger partial charge in [-0.15, -0.1) is 5.10 Å². The van der Waals surface area contributed by atoms with E-state index >= 15 is 0 Å². The van der Waals surface area contributed by atoms with Crippen LogP contribution >= 0.6 is 15.9 Å². The van der Waals surface area contributed by atoms with Crippen LogP contribution in [0.3, 0.4) is 0 Å². The number of anilines is 1. The lowest BCUT2D eigenvalue weighted by molar-refractivity contribution is 0.102. The summed E-state index contributed by atoms with van der Waals surface area (Å²) < 4.78 is 0.847. The number of tetrazole rings is 1. The van der Waals surface area contributed by atoms with E-state index in [1.165, 1.54) is 4.80 Å². The van der Waals surface area contributed by atoms with Gasteiger partial charge in [0.2, 0.25) is 0 Å². The molecule has 1 aromatic carbocycles. The van der Waals surface area contributed by atoms with Crippen molar-refractivity contribution in [3.8, 4) is 0 Å². The van der Waals surface area contributed by atoms with Crippen molar-refractivity contribution in [1.82, 2.24) is 20.2 Å². The number of rotatable bonds is 5. The Labute approximate surface area is 119 Å². The van der Waals surface area contributed by atoms with Gasteiger partial charge in [0.25, 0.3) is 11.9 Å². The first-order valence-electron chi connectivity index (χ1n) is 6.04. The van der Waals surface area contributed by atoms with Gasteiger partial charge in [0.1, 0.15) is 0 Å². The molecule has 0 radical (unpaired) electrons. The maximum atomic E-state index is 11.9. The summed E-state index contributed by atoms with van der Waals surface area (Å²) in [7, 11) is 0. The molecule has 2 aromatic rings. The molecule has 7 heteroatoms. The van der Waals surface area contributed by atoms with Crippen LogP contribution in [0.4, 0.5) is 5.95 Å². The number of benzene rings is 1. The maximum absolute atomic E-state index is 11.9. The molecule has 0 bridgehead atoms. The average Bonchev–Trinajstić information content (AvgIpc) is 2.84. The van der Waals surface area contributed by atoms with Crippen LogP contribution in [0.2, 0.25) is 0 Å². The number of aryl methyl sites for hydroxylation is 1. The molecule has 0 saturated heterocycles. The highest BCUT2D eigenvalue weighted by Crippen LogP contribution is 2.12. The molecule has 0 aliphatic carbocycles. The van der Waals surface area contributed by atoms with Crippen LogP contribution in [0.5, 0.6) is 0 Å². The van der Waals surface area contributed by atoms with Gasteiger partial charge >= 0.3 is 0 Å². The molecule has 1 amide bonds. The zero-order valence-electron chi connectivity index (χ0n) is 10.5. The molecule has 0 aliphatic heterocycles. The minimum Gasteiger partial charge on any atom is -0.288 e. The second-order valence-electron chi connectivity index (χ2n) is 4.03. The van der Waals surface area contributed by atoms with Crippen molar-refractivity contribution in [1.29, 1.82) is 0 Å². The normalized spacial score (nSPS) is 10.4. The maximum Gasteiger partial charge on any atom is 0.270 e. The number of carbonyl (C=O) groups is 1. The number of carbonyl (C=O) groups excluding carboxylic acids is 1. The molecule has 0 fully saturated rings. The Hall–Kier alpha value is -1.76. The van der Waals surface area contributed by atoms with Gasteiger partial charge in [-0.1, -0.05) is 40.4 Å². The van der Waals surface area contributed by atoms with Crippen molar-refractivity contribution < 1.29 is 4.79 Å². The molecule has 0 spiro atoms. The van der Waals surface area contributed by atoms with Crippen molar-refractivity contribution in [3.63, 3.8) is 0 Å². The third-order valence-electron chi connectivity index (χ3n) is 2.48. The number of nitrogens with one attached hydrogen (secondary N) is 1. The second kappa shape index (κ2) is 6.42. The van der Waals surface area contributed by atoms with E-state index in [9.17, 15) is 4.79 Å². The number of unbranched alkanes of at least 4 members (excludes halogenated alkanes) is 1. The lowest BCUT2D eigenvalue weighted by atomic mass is 10.2. The Balaban J connectivity index is 2.00. The largest absolute Gasteiger partial charge is 0.288 e. The summed E-state index contributed by atoms with van der Waals surface area (Å²) in [4.78, 5) is 13.4. The fourth-order valence-corrected chi connectivity index (χ4v) is 1.89. The molecule has 2 rings (SSSR count). The number of halogens is 1. The van der Waals surface area contributed by atoms with Gasteiger partial charge < -0.3 is 0 Å². The lowest BCUT2D eigenvalue weighted by Gasteiger charge is -2.00. The summed E-state index contributed by atoms with van der Waals surface area (Å²) in [6.07, 6.45) is 2.04. The van der Waals surface area contributed by atoms with Crippen LogP contribution < -0.4 is 5.32 Å². The van der Waals surface area contributed by atoms with E-state index in [0.29, 0.717) is 12.1 Å². The number of nitrogens with zero attached hydrogens (tertiary/aromatic N) is 4. The molecule has 1 heterocycles. The fourth-order valence-electron chi connectivity index (χ4n) is 1.49. The van der Waals surface area contributed by atoms with E-state index in [4.69, 9.17) is 0 Å². The molecule has 1 aromatic heterocycles. The van der Waals surface area contributed by atoms with Crippen molar-refractivity contribution in [3.05, 3.63) is 34.3 Å². The third kappa shape index (κ3) is 3.85. The minimum absolute atomic E-state index is 0.223. The van der Waals surface area contributed by atoms with E-state index < -0.39 is 0 Å². The van der Waals surface area contributed by atoms with Crippen LogP contribution in [-0.2, 0) is 6.54 Å². The van der Waals surface area contributed by atoms with Gasteiger partial charge in [-0.05, 0) is 29.8 Å². The van der Waals surface area contributed by atoms with E-state index in [-0.39, 0.29) is 11.9 Å². The number of amides is 1. The Morgan fingerprint density at radius 1 is 1.47 bits per heavy atom. The summed E-state index contributed by atoms with van der Waals surface area (Å²) >= 11 is 3.32. The fraction of sp³-hybridized carbons (Fsp3) is 0.333. The zero-order valence-corrected chi connectivity index (χ0v) is 12.1. The Kier molecular flexibility index (Phi) is 4.62. The van der Waals surface area contributed by atoms with Gasteiger partial charge in [0.15, 0.2) is 0 Å². The summed E-state index contributed by atoms with van der Waals surface area (Å²) in [5, 5.41) is 14.4. The molecular weight excluding hydrogens is 310 g/mol. The van der Waals surface area contributed by atoms with Gasteiger partial charge in [-0.3, -0.25) is 10.1 Å². The molecule has 1 N–H and O–H groups in total. The van der Waals surface area contributed by atoms with Crippen LogP contribution in [0.25, 0.3) is 0 Å². The van der Waals surface area contributed by atoms with Crippen molar-refractivity contribution in [2.75, 3.05) is 5.32 Å². The highest BCUT2D eigenvalue weighted by molar-refractivity contribution is 9.10. The van der Waals surface area contributed by atoms with E-state index in [0.717, 1.165) is 17.3 Å². The van der Waals surface area contributed by atoms with Gasteiger partial charge in [-0.25, -0.2) is 0 Å². The molecule has 0 atom stereocenters. The first-order chi connectivity index (χ1) is 9.19. The highest BCUT2D eigenvalue weighted by Gasteiger charge is 2.10. The summed E-state index contributed by atoms with van der Waals surface area (Å²) in [6.45, 7) is 2.79. The van der Waals surface area contributed by atoms with E-state index in [1.807, 2.05) is 6.07 Å². The number of aromatic nitrogens is 4. The second-order valence-corrected chi connectivity index (χ2v) is 4.94. The monoisotopic (exact) mass is 323 g/mol. The Morgan fingerprint density at radius 2 is 2.32 bits per heavy atom. The number of hydrogen-bond acceptors (Lipinski definition) is 4. The predicted molar refractivity (Wildman–Crippen MR) is 74.8 cm³/mol. The smallest absolute Gasteiger partial charge is 0.270 e. The zero-order chi connectivity index (χ0) is 13.7. The SMILES string of the molecule is CCCCn1nnc(NC(=O)c2cccc(Br)c2)n1. The van der Waals surface area contributed by atoms with Gasteiger partial charge in [-0.2, -0.15) is 4.80 Å². The predicted octanol–water partition coefficient (Wildman–Crippen LogP) is 2.49. The Morgan fingerprint density at radius 3 is 3.05 bits per heavy atom. The molecule has 100 valence electrons. The van der Waals surface area contributed by atoms with Crippen molar-refractivity contribution in [2.24, 2.45) is 0 Å². The standard InChI is InChI=1S/C12H14BrN5O/c1-2-3-7-18-16-12(15-17-18)14-11(19)9-5-4-6-10(13)8-9/h4-6,8H,2-3,7H2,1H3,(H,14,16,19). The van der Waals surface area contributed by atoms with Crippen molar-refractivity contribution >= 4 is 27.8 Å². The Bertz CT molecular complexity index is 569. The summed E-state index contributed by atoms with van der Waals surface area (Å²) in [5.41, 5.74) is 0.541. The molecule has 6 nitrogen and oxygen atoms in total. The van der Waals surface area contributed by atoms with E-state index in [2.05, 4.69) is 43.6 Å². The topological polar surface area (TPSA) is 72.7 Å². The van der Waals surface area contributed by atoms with Crippen LogP contribution in [-0.4, -0.2) is 26.1 Å². The number of hydrogen-bond donors (Lipinski definition) is 1. The molecule has 0 saturated carbocycles. The van der Waals surface area contributed by atoms with Crippen LogP contribution in [0.15, 0.2) is 28.7 Å².